The molecule has 2 aliphatic heterocycles. The van der Waals surface area contributed by atoms with Crippen LogP contribution in [-0.2, 0) is 4.79 Å². The summed E-state index contributed by atoms with van der Waals surface area (Å²) in [5.74, 6) is 0.719. The van der Waals surface area contributed by atoms with Crippen LogP contribution in [0.25, 0.3) is 10.9 Å². The van der Waals surface area contributed by atoms with Crippen LogP contribution in [0.2, 0.25) is 0 Å². The number of carboxylic acids is 1. The largest absolute Gasteiger partial charge is 0.481 e. The zero-order chi connectivity index (χ0) is 26.3. The molecule has 7 heteroatoms. The lowest BCUT2D eigenvalue weighted by molar-refractivity contribution is -0.137. The van der Waals surface area contributed by atoms with Gasteiger partial charge in [-0.15, -0.1) is 0 Å². The van der Waals surface area contributed by atoms with Crippen LogP contribution in [0.3, 0.4) is 0 Å². The van der Waals surface area contributed by atoms with E-state index in [0.717, 1.165) is 92.6 Å². The SMILES string of the molecule is O=C(O)CC(CCC1CCN(C(=O)c2cccc(NC3=NCCCC3)c2)CC1)c1cnc2ccccc2c1. The second kappa shape index (κ2) is 12.2. The zero-order valence-electron chi connectivity index (χ0n) is 21.8. The van der Waals surface area contributed by atoms with E-state index in [1.807, 2.05) is 59.6 Å². The van der Waals surface area contributed by atoms with Crippen molar-refractivity contribution in [1.29, 1.82) is 0 Å². The number of pyridine rings is 1. The molecule has 7 nitrogen and oxygen atoms in total. The molecule has 0 bridgehead atoms. The maximum absolute atomic E-state index is 13.2. The number of likely N-dealkylation sites (tertiary alicyclic amines) is 1. The van der Waals surface area contributed by atoms with E-state index in [-0.39, 0.29) is 18.2 Å². The highest BCUT2D eigenvalue weighted by molar-refractivity contribution is 5.99. The third kappa shape index (κ3) is 6.57. The number of para-hydroxylation sites is 1. The molecule has 2 aromatic carbocycles. The van der Waals surface area contributed by atoms with Crippen molar-refractivity contribution < 1.29 is 14.7 Å². The van der Waals surface area contributed by atoms with Gasteiger partial charge in [0, 0.05) is 48.9 Å². The maximum atomic E-state index is 13.2. The Bertz CT molecular complexity index is 1310. The summed E-state index contributed by atoms with van der Waals surface area (Å²) in [6.07, 6.45) is 8.82. The average molecular weight is 513 g/mol. The van der Waals surface area contributed by atoms with Gasteiger partial charge in [-0.25, -0.2) is 0 Å². The fourth-order valence-electron chi connectivity index (χ4n) is 5.65. The van der Waals surface area contributed by atoms with E-state index in [4.69, 9.17) is 0 Å². The first-order valence-electron chi connectivity index (χ1n) is 13.8. The Balaban J connectivity index is 1.15. The molecule has 1 aromatic heterocycles. The summed E-state index contributed by atoms with van der Waals surface area (Å²) >= 11 is 0. The van der Waals surface area contributed by atoms with Gasteiger partial charge in [0.2, 0.25) is 0 Å². The van der Waals surface area contributed by atoms with Gasteiger partial charge in [-0.2, -0.15) is 0 Å². The number of amides is 1. The summed E-state index contributed by atoms with van der Waals surface area (Å²) in [6.45, 7) is 2.33. The van der Waals surface area contributed by atoms with E-state index in [9.17, 15) is 14.7 Å². The van der Waals surface area contributed by atoms with Crippen molar-refractivity contribution in [3.05, 3.63) is 71.9 Å². The molecule has 0 radical (unpaired) electrons. The Morgan fingerprint density at radius 3 is 2.68 bits per heavy atom. The molecule has 0 spiro atoms. The van der Waals surface area contributed by atoms with Crippen LogP contribution in [0.1, 0.15) is 73.2 Å². The van der Waals surface area contributed by atoms with Crippen LogP contribution in [-0.4, -0.2) is 52.3 Å². The molecule has 1 saturated heterocycles. The van der Waals surface area contributed by atoms with Crippen molar-refractivity contribution in [2.75, 3.05) is 25.0 Å². The molecule has 3 aromatic rings. The molecular formula is C31H36N4O3. The molecule has 1 fully saturated rings. The van der Waals surface area contributed by atoms with Crippen LogP contribution >= 0.6 is 0 Å². The van der Waals surface area contributed by atoms with Crippen molar-refractivity contribution in [3.63, 3.8) is 0 Å². The smallest absolute Gasteiger partial charge is 0.303 e. The van der Waals surface area contributed by atoms with Crippen LogP contribution in [0.15, 0.2) is 65.8 Å². The lowest BCUT2D eigenvalue weighted by atomic mass is 9.85. The summed E-state index contributed by atoms with van der Waals surface area (Å²) in [5, 5.41) is 14.0. The lowest BCUT2D eigenvalue weighted by Crippen LogP contribution is -2.38. The van der Waals surface area contributed by atoms with E-state index < -0.39 is 5.97 Å². The number of rotatable bonds is 8. The molecule has 198 valence electrons. The van der Waals surface area contributed by atoms with Gasteiger partial charge in [-0.3, -0.25) is 19.6 Å². The maximum Gasteiger partial charge on any atom is 0.303 e. The van der Waals surface area contributed by atoms with Crippen LogP contribution in [0.4, 0.5) is 5.69 Å². The highest BCUT2D eigenvalue weighted by Gasteiger charge is 2.25. The quantitative estimate of drug-likeness (QED) is 0.379. The number of nitrogens with one attached hydrogen (secondary N) is 1. The highest BCUT2D eigenvalue weighted by Crippen LogP contribution is 2.32. The minimum absolute atomic E-state index is 0.0618. The Kier molecular flexibility index (Phi) is 8.31. The number of aliphatic carboxylic acids is 1. The molecule has 0 saturated carbocycles. The molecule has 0 aliphatic carbocycles. The van der Waals surface area contributed by atoms with Gasteiger partial charge in [0.05, 0.1) is 11.9 Å². The standard InChI is InChI=1S/C31H36N4O3/c36-30(37)20-23(26-18-24-6-1-2-9-28(24)33-21-26)12-11-22-13-16-35(17-14-22)31(38)25-7-5-8-27(19-25)34-29-10-3-4-15-32-29/h1-2,5-9,18-19,21-23H,3-4,10-17,20H2,(H,32,34)(H,36,37). The molecule has 1 amide bonds. The summed E-state index contributed by atoms with van der Waals surface area (Å²) in [7, 11) is 0. The normalized spacial score (nSPS) is 17.2. The first kappa shape index (κ1) is 25.9. The predicted octanol–water partition coefficient (Wildman–Crippen LogP) is 6.12. The number of carboxylic acid groups (broad SMARTS) is 1. The number of piperidine rings is 1. The number of amidine groups is 1. The number of anilines is 1. The molecular weight excluding hydrogens is 476 g/mol. The first-order valence-corrected chi connectivity index (χ1v) is 13.8. The van der Waals surface area contributed by atoms with Crippen molar-refractivity contribution in [3.8, 4) is 0 Å². The third-order valence-electron chi connectivity index (χ3n) is 7.85. The average Bonchev–Trinajstić information content (AvgIpc) is 2.95. The highest BCUT2D eigenvalue weighted by atomic mass is 16.4. The number of fused-ring (bicyclic) bond motifs is 1. The molecule has 3 heterocycles. The third-order valence-corrected chi connectivity index (χ3v) is 7.85. The number of aromatic nitrogens is 1. The number of carbonyl (C=O) groups excluding carboxylic acids is 1. The summed E-state index contributed by atoms with van der Waals surface area (Å²) < 4.78 is 0. The van der Waals surface area contributed by atoms with Gasteiger partial charge in [0.1, 0.15) is 5.84 Å². The fraction of sp³-hybridized carbons (Fsp3) is 0.419. The molecule has 2 aliphatic rings. The number of aliphatic imine (C=N–C) groups is 1. The Morgan fingerprint density at radius 1 is 1.05 bits per heavy atom. The van der Waals surface area contributed by atoms with Crippen molar-refractivity contribution in [2.45, 2.75) is 57.3 Å². The van der Waals surface area contributed by atoms with E-state index in [1.165, 1.54) is 0 Å². The number of carbonyl (C=O) groups is 2. The summed E-state index contributed by atoms with van der Waals surface area (Å²) in [4.78, 5) is 35.9. The van der Waals surface area contributed by atoms with Gasteiger partial charge in [0.15, 0.2) is 0 Å². The summed E-state index contributed by atoms with van der Waals surface area (Å²) in [5.41, 5.74) is 3.53. The van der Waals surface area contributed by atoms with Gasteiger partial charge in [-0.1, -0.05) is 24.3 Å². The van der Waals surface area contributed by atoms with Gasteiger partial charge in [-0.05, 0) is 86.3 Å². The molecule has 2 N–H and O–H groups in total. The molecule has 38 heavy (non-hydrogen) atoms. The minimum Gasteiger partial charge on any atom is -0.481 e. The predicted molar refractivity (Wildman–Crippen MR) is 151 cm³/mol. The number of hydrogen-bond donors (Lipinski definition) is 2. The van der Waals surface area contributed by atoms with E-state index in [2.05, 4.69) is 21.4 Å². The number of nitrogens with zero attached hydrogens (tertiary/aromatic N) is 3. The van der Waals surface area contributed by atoms with Crippen LogP contribution in [0, 0.1) is 5.92 Å². The van der Waals surface area contributed by atoms with E-state index >= 15 is 0 Å². The topological polar surface area (TPSA) is 94.9 Å². The van der Waals surface area contributed by atoms with Crippen LogP contribution in [0.5, 0.6) is 0 Å². The van der Waals surface area contributed by atoms with Crippen molar-refractivity contribution >= 4 is 34.3 Å². The van der Waals surface area contributed by atoms with E-state index in [1.54, 1.807) is 0 Å². The number of benzene rings is 2. The monoisotopic (exact) mass is 512 g/mol. The van der Waals surface area contributed by atoms with Crippen molar-refractivity contribution in [1.82, 2.24) is 9.88 Å². The fourth-order valence-corrected chi connectivity index (χ4v) is 5.65. The Labute approximate surface area is 224 Å². The Hall–Kier alpha value is -3.74. The van der Waals surface area contributed by atoms with E-state index in [0.29, 0.717) is 11.5 Å². The molecule has 1 atom stereocenters. The van der Waals surface area contributed by atoms with Gasteiger partial charge in [0.25, 0.3) is 5.91 Å². The minimum atomic E-state index is -0.782. The second-order valence-corrected chi connectivity index (χ2v) is 10.6. The number of hydrogen-bond acceptors (Lipinski definition) is 5. The van der Waals surface area contributed by atoms with Crippen LogP contribution < -0.4 is 5.32 Å². The zero-order valence-corrected chi connectivity index (χ0v) is 21.8. The lowest BCUT2D eigenvalue weighted by Gasteiger charge is -2.33. The van der Waals surface area contributed by atoms with Crippen molar-refractivity contribution in [2.24, 2.45) is 10.9 Å². The van der Waals surface area contributed by atoms with Gasteiger partial charge >= 0.3 is 5.97 Å². The molecule has 5 rings (SSSR count). The first-order chi connectivity index (χ1) is 18.5. The summed E-state index contributed by atoms with van der Waals surface area (Å²) in [6, 6.07) is 17.7. The Morgan fingerprint density at radius 2 is 1.89 bits per heavy atom. The second-order valence-electron chi connectivity index (χ2n) is 10.6. The molecule has 1 unspecified atom stereocenters. The van der Waals surface area contributed by atoms with Gasteiger partial charge < -0.3 is 15.3 Å².